The summed E-state index contributed by atoms with van der Waals surface area (Å²) in [5.41, 5.74) is 4.60. The lowest BCUT2D eigenvalue weighted by molar-refractivity contribution is 0.104. The molecule has 0 fully saturated rings. The number of fused-ring (bicyclic) bond motifs is 3. The van der Waals surface area contributed by atoms with Crippen molar-refractivity contribution in [3.05, 3.63) is 89.1 Å². The van der Waals surface area contributed by atoms with Gasteiger partial charge in [0.05, 0.1) is 17.1 Å². The Balaban J connectivity index is 1.99. The maximum atomic E-state index is 13.2. The monoisotopic (exact) mass is 388 g/mol. The molecule has 2 aromatic carbocycles. The van der Waals surface area contributed by atoms with E-state index < -0.39 is 0 Å². The molecular weight excluding hydrogens is 376 g/mol. The summed E-state index contributed by atoms with van der Waals surface area (Å²) in [7, 11) is 0. The Labute approximate surface area is 153 Å². The average molecular weight is 389 g/mol. The van der Waals surface area contributed by atoms with Crippen molar-refractivity contribution in [2.45, 2.75) is 5.33 Å². The van der Waals surface area contributed by atoms with Gasteiger partial charge in [-0.1, -0.05) is 46.3 Å². The summed E-state index contributed by atoms with van der Waals surface area (Å²) in [6, 6.07) is 21.1. The fourth-order valence-electron chi connectivity index (χ4n) is 3.10. The standard InChI is InChI=1S/C21H13BrN2O/c22-12-14-3-5-16(6-4-14)21(25)19-11-15(13-23)10-17-7-8-18-2-1-9-24(18)20(17)19/h1-11H,12H2. The molecule has 2 heterocycles. The zero-order valence-corrected chi connectivity index (χ0v) is 14.8. The normalized spacial score (nSPS) is 10.9. The van der Waals surface area contributed by atoms with Gasteiger partial charge in [0, 0.05) is 33.6 Å². The molecule has 4 heteroatoms. The lowest BCUT2D eigenvalue weighted by atomic mass is 9.97. The van der Waals surface area contributed by atoms with Gasteiger partial charge in [-0.15, -0.1) is 0 Å². The fraction of sp³-hybridized carbons (Fsp3) is 0.0476. The first kappa shape index (κ1) is 15.6. The highest BCUT2D eigenvalue weighted by Crippen LogP contribution is 2.26. The molecule has 0 unspecified atom stereocenters. The first-order valence-electron chi connectivity index (χ1n) is 7.85. The van der Waals surface area contributed by atoms with Gasteiger partial charge in [-0.2, -0.15) is 5.26 Å². The average Bonchev–Trinajstić information content (AvgIpc) is 3.15. The quantitative estimate of drug-likeness (QED) is 0.362. The van der Waals surface area contributed by atoms with Gasteiger partial charge in [0.15, 0.2) is 5.78 Å². The summed E-state index contributed by atoms with van der Waals surface area (Å²) in [6.45, 7) is 0. The van der Waals surface area contributed by atoms with E-state index in [2.05, 4.69) is 22.0 Å². The Morgan fingerprint density at radius 2 is 1.88 bits per heavy atom. The van der Waals surface area contributed by atoms with E-state index >= 15 is 0 Å². The lowest BCUT2D eigenvalue weighted by Gasteiger charge is -2.10. The third-order valence-electron chi connectivity index (χ3n) is 4.34. The minimum atomic E-state index is -0.0792. The highest BCUT2D eigenvalue weighted by atomic mass is 79.9. The molecule has 0 aliphatic rings. The second-order valence-electron chi connectivity index (χ2n) is 5.87. The molecule has 120 valence electrons. The van der Waals surface area contributed by atoms with Gasteiger partial charge < -0.3 is 4.40 Å². The fourth-order valence-corrected chi connectivity index (χ4v) is 3.47. The molecule has 0 saturated carbocycles. The smallest absolute Gasteiger partial charge is 0.195 e. The van der Waals surface area contributed by atoms with E-state index in [1.54, 1.807) is 6.07 Å². The van der Waals surface area contributed by atoms with Crippen LogP contribution in [0.3, 0.4) is 0 Å². The summed E-state index contributed by atoms with van der Waals surface area (Å²) in [5.74, 6) is -0.0792. The van der Waals surface area contributed by atoms with Crippen LogP contribution < -0.4 is 0 Å². The Kier molecular flexibility index (Phi) is 3.87. The van der Waals surface area contributed by atoms with Crippen LogP contribution in [-0.4, -0.2) is 10.2 Å². The number of carbonyl (C=O) groups excluding carboxylic acids is 1. The number of ketones is 1. The molecule has 2 aromatic heterocycles. The molecule has 0 spiro atoms. The predicted octanol–water partition coefficient (Wildman–Crippen LogP) is 5.09. The van der Waals surface area contributed by atoms with E-state index in [1.807, 2.05) is 65.2 Å². The third kappa shape index (κ3) is 2.63. The zero-order chi connectivity index (χ0) is 17.4. The largest absolute Gasteiger partial charge is 0.316 e. The van der Waals surface area contributed by atoms with Gasteiger partial charge in [0.2, 0.25) is 0 Å². The van der Waals surface area contributed by atoms with Crippen molar-refractivity contribution in [3.63, 3.8) is 0 Å². The number of aromatic nitrogens is 1. The van der Waals surface area contributed by atoms with Crippen molar-refractivity contribution >= 4 is 38.1 Å². The zero-order valence-electron chi connectivity index (χ0n) is 13.2. The summed E-state index contributed by atoms with van der Waals surface area (Å²) in [4.78, 5) is 13.2. The molecule has 4 aromatic rings. The Morgan fingerprint density at radius 3 is 2.60 bits per heavy atom. The van der Waals surface area contributed by atoms with Gasteiger partial charge in [-0.25, -0.2) is 0 Å². The summed E-state index contributed by atoms with van der Waals surface area (Å²) < 4.78 is 2.00. The van der Waals surface area contributed by atoms with Crippen LogP contribution in [0.15, 0.2) is 66.9 Å². The molecule has 0 saturated heterocycles. The summed E-state index contributed by atoms with van der Waals surface area (Å²) in [5, 5.41) is 11.0. The van der Waals surface area contributed by atoms with E-state index in [0.29, 0.717) is 16.7 Å². The molecule has 0 atom stereocenters. The Bertz CT molecular complexity index is 1150. The van der Waals surface area contributed by atoms with Gasteiger partial charge in [-0.3, -0.25) is 4.79 Å². The van der Waals surface area contributed by atoms with E-state index in [-0.39, 0.29) is 5.78 Å². The first-order valence-corrected chi connectivity index (χ1v) is 8.97. The summed E-state index contributed by atoms with van der Waals surface area (Å²) in [6.07, 6.45) is 1.94. The number of nitriles is 1. The SMILES string of the molecule is N#Cc1cc(C(=O)c2ccc(CBr)cc2)c2c(ccc3cccn32)c1. The molecule has 25 heavy (non-hydrogen) atoms. The van der Waals surface area contributed by atoms with Gasteiger partial charge >= 0.3 is 0 Å². The molecule has 3 nitrogen and oxygen atoms in total. The Hall–Kier alpha value is -2.90. The number of rotatable bonds is 3. The first-order chi connectivity index (χ1) is 12.2. The van der Waals surface area contributed by atoms with Gasteiger partial charge in [0.25, 0.3) is 0 Å². The van der Waals surface area contributed by atoms with Gasteiger partial charge in [0.1, 0.15) is 0 Å². The molecule has 0 bridgehead atoms. The Morgan fingerprint density at radius 1 is 1.08 bits per heavy atom. The molecule has 0 amide bonds. The van der Waals surface area contributed by atoms with Crippen LogP contribution >= 0.6 is 15.9 Å². The minimum absolute atomic E-state index is 0.0792. The van der Waals surface area contributed by atoms with Crippen LogP contribution in [0.2, 0.25) is 0 Å². The topological polar surface area (TPSA) is 45.3 Å². The van der Waals surface area contributed by atoms with Gasteiger partial charge in [-0.05, 0) is 35.9 Å². The summed E-state index contributed by atoms with van der Waals surface area (Å²) >= 11 is 3.41. The van der Waals surface area contributed by atoms with E-state index in [1.165, 1.54) is 0 Å². The molecule has 0 aliphatic heterocycles. The van der Waals surface area contributed by atoms with Crippen molar-refractivity contribution < 1.29 is 4.79 Å². The highest BCUT2D eigenvalue weighted by molar-refractivity contribution is 9.08. The lowest BCUT2D eigenvalue weighted by Crippen LogP contribution is -2.05. The number of hydrogen-bond acceptors (Lipinski definition) is 2. The maximum Gasteiger partial charge on any atom is 0.195 e. The van der Waals surface area contributed by atoms with Crippen molar-refractivity contribution in [2.24, 2.45) is 0 Å². The van der Waals surface area contributed by atoms with E-state index in [0.717, 1.165) is 27.3 Å². The third-order valence-corrected chi connectivity index (χ3v) is 4.99. The number of halogens is 1. The second kappa shape index (κ2) is 6.19. The van der Waals surface area contributed by atoms with Crippen molar-refractivity contribution in [1.29, 1.82) is 5.26 Å². The van der Waals surface area contributed by atoms with Crippen LogP contribution in [0.1, 0.15) is 27.0 Å². The van der Waals surface area contributed by atoms with Crippen LogP contribution in [-0.2, 0) is 5.33 Å². The van der Waals surface area contributed by atoms with Crippen LogP contribution in [0, 0.1) is 11.3 Å². The predicted molar refractivity (Wildman–Crippen MR) is 102 cm³/mol. The maximum absolute atomic E-state index is 13.2. The highest BCUT2D eigenvalue weighted by Gasteiger charge is 2.16. The number of nitrogens with zero attached hydrogens (tertiary/aromatic N) is 2. The van der Waals surface area contributed by atoms with Crippen molar-refractivity contribution in [2.75, 3.05) is 0 Å². The van der Waals surface area contributed by atoms with Crippen molar-refractivity contribution in [1.82, 2.24) is 4.40 Å². The van der Waals surface area contributed by atoms with Crippen LogP contribution in [0.5, 0.6) is 0 Å². The molecular formula is C21H13BrN2O. The van der Waals surface area contributed by atoms with Crippen LogP contribution in [0.4, 0.5) is 0 Å². The number of benzene rings is 2. The number of carbonyl (C=O) groups is 1. The molecule has 4 rings (SSSR count). The molecule has 0 N–H and O–H groups in total. The number of alkyl halides is 1. The second-order valence-corrected chi connectivity index (χ2v) is 6.43. The number of pyridine rings is 1. The minimum Gasteiger partial charge on any atom is -0.316 e. The van der Waals surface area contributed by atoms with Crippen molar-refractivity contribution in [3.8, 4) is 6.07 Å². The van der Waals surface area contributed by atoms with E-state index in [9.17, 15) is 10.1 Å². The molecule has 0 aliphatic carbocycles. The molecule has 0 radical (unpaired) electrons. The van der Waals surface area contributed by atoms with E-state index in [4.69, 9.17) is 0 Å². The van der Waals surface area contributed by atoms with Crippen LogP contribution in [0.25, 0.3) is 16.4 Å². The number of hydrogen-bond donors (Lipinski definition) is 0.